The molecule has 68 valence electrons. The quantitative estimate of drug-likeness (QED) is 0.498. The van der Waals surface area contributed by atoms with Gasteiger partial charge in [0.25, 0.3) is 0 Å². The molecule has 0 saturated heterocycles. The van der Waals surface area contributed by atoms with Crippen molar-refractivity contribution in [3.63, 3.8) is 0 Å². The molecule has 6 nitrogen and oxygen atoms in total. The monoisotopic (exact) mass is 187 g/mol. The standard InChI is InChI=1S/C8H5N5O/c14-4-5-1-6-3-13-8(10-11-12-13)7(6)9-2-5/h1-2,4H,3H2. The van der Waals surface area contributed by atoms with Gasteiger partial charge >= 0.3 is 0 Å². The summed E-state index contributed by atoms with van der Waals surface area (Å²) in [6.07, 6.45) is 2.30. The molecule has 0 radical (unpaired) electrons. The van der Waals surface area contributed by atoms with E-state index >= 15 is 0 Å². The number of hydrogen-bond acceptors (Lipinski definition) is 5. The molecule has 2 aromatic heterocycles. The zero-order valence-electron chi connectivity index (χ0n) is 7.08. The van der Waals surface area contributed by atoms with Gasteiger partial charge in [-0.15, -0.1) is 5.10 Å². The van der Waals surface area contributed by atoms with Gasteiger partial charge in [0.1, 0.15) is 5.69 Å². The number of nitrogens with zero attached hydrogens (tertiary/aromatic N) is 5. The van der Waals surface area contributed by atoms with Crippen molar-refractivity contribution in [1.82, 2.24) is 25.2 Å². The van der Waals surface area contributed by atoms with E-state index < -0.39 is 0 Å². The van der Waals surface area contributed by atoms with Gasteiger partial charge in [-0.05, 0) is 16.5 Å². The lowest BCUT2D eigenvalue weighted by Gasteiger charge is -1.95. The molecule has 0 atom stereocenters. The van der Waals surface area contributed by atoms with Crippen LogP contribution in [-0.4, -0.2) is 31.5 Å². The second-order valence-corrected chi connectivity index (χ2v) is 3.05. The zero-order valence-corrected chi connectivity index (χ0v) is 7.08. The van der Waals surface area contributed by atoms with Crippen LogP contribution in [0.25, 0.3) is 11.5 Å². The number of hydrogen-bond donors (Lipinski definition) is 0. The number of carbonyl (C=O) groups is 1. The number of carbonyl (C=O) groups excluding carboxylic acids is 1. The molecule has 0 spiro atoms. The zero-order chi connectivity index (χ0) is 9.54. The average Bonchev–Trinajstić information content (AvgIpc) is 2.75. The number of fused-ring (bicyclic) bond motifs is 3. The van der Waals surface area contributed by atoms with Crippen LogP contribution in [0.1, 0.15) is 15.9 Å². The Kier molecular flexibility index (Phi) is 1.27. The number of aldehydes is 1. The van der Waals surface area contributed by atoms with Crippen molar-refractivity contribution in [2.75, 3.05) is 0 Å². The van der Waals surface area contributed by atoms with Gasteiger partial charge in [-0.1, -0.05) is 0 Å². The summed E-state index contributed by atoms with van der Waals surface area (Å²) in [6, 6.07) is 1.80. The van der Waals surface area contributed by atoms with Crippen molar-refractivity contribution >= 4 is 6.29 Å². The Morgan fingerprint density at radius 1 is 1.50 bits per heavy atom. The number of pyridine rings is 1. The van der Waals surface area contributed by atoms with Crippen LogP contribution in [0.3, 0.4) is 0 Å². The van der Waals surface area contributed by atoms with Gasteiger partial charge < -0.3 is 0 Å². The highest BCUT2D eigenvalue weighted by Crippen LogP contribution is 2.26. The van der Waals surface area contributed by atoms with Gasteiger partial charge in [0.2, 0.25) is 5.82 Å². The summed E-state index contributed by atoms with van der Waals surface area (Å²) >= 11 is 0. The summed E-state index contributed by atoms with van der Waals surface area (Å²) in [4.78, 5) is 14.7. The van der Waals surface area contributed by atoms with Crippen LogP contribution in [-0.2, 0) is 6.54 Å². The first-order valence-electron chi connectivity index (χ1n) is 4.09. The predicted octanol–water partition coefficient (Wildman–Crippen LogP) is -0.0907. The maximum Gasteiger partial charge on any atom is 0.201 e. The Labute approximate surface area is 78.6 Å². The third kappa shape index (κ3) is 0.819. The lowest BCUT2D eigenvalue weighted by molar-refractivity contribution is 0.112. The van der Waals surface area contributed by atoms with Crippen molar-refractivity contribution < 1.29 is 4.79 Å². The van der Waals surface area contributed by atoms with Crippen molar-refractivity contribution in [1.29, 1.82) is 0 Å². The first-order chi connectivity index (χ1) is 6.88. The molecule has 0 fully saturated rings. The van der Waals surface area contributed by atoms with Crippen LogP contribution in [0.15, 0.2) is 12.3 Å². The molecule has 0 bridgehead atoms. The Bertz CT molecular complexity index is 518. The molecule has 0 unspecified atom stereocenters. The van der Waals surface area contributed by atoms with E-state index in [0.29, 0.717) is 17.9 Å². The normalized spacial score (nSPS) is 12.3. The SMILES string of the molecule is O=Cc1cnc2c(c1)Cn1nnnc1-2. The van der Waals surface area contributed by atoms with E-state index in [-0.39, 0.29) is 0 Å². The van der Waals surface area contributed by atoms with E-state index in [9.17, 15) is 4.79 Å². The van der Waals surface area contributed by atoms with Crippen LogP contribution in [0.2, 0.25) is 0 Å². The van der Waals surface area contributed by atoms with Gasteiger partial charge in [-0.25, -0.2) is 4.68 Å². The van der Waals surface area contributed by atoms with Gasteiger partial charge in [0.15, 0.2) is 6.29 Å². The highest BCUT2D eigenvalue weighted by atomic mass is 16.1. The van der Waals surface area contributed by atoms with E-state index in [4.69, 9.17) is 0 Å². The highest BCUT2D eigenvalue weighted by molar-refractivity contribution is 5.76. The molecule has 6 heteroatoms. The van der Waals surface area contributed by atoms with Crippen molar-refractivity contribution in [3.05, 3.63) is 23.4 Å². The Morgan fingerprint density at radius 3 is 3.29 bits per heavy atom. The van der Waals surface area contributed by atoms with Crippen LogP contribution in [0, 0.1) is 0 Å². The molecule has 3 heterocycles. The molecule has 0 aliphatic carbocycles. The van der Waals surface area contributed by atoms with Crippen LogP contribution in [0.4, 0.5) is 0 Å². The molecular weight excluding hydrogens is 182 g/mol. The molecule has 0 N–H and O–H groups in total. The Hall–Kier alpha value is -2.11. The van der Waals surface area contributed by atoms with Crippen molar-refractivity contribution in [2.24, 2.45) is 0 Å². The van der Waals surface area contributed by atoms with E-state index in [1.807, 2.05) is 0 Å². The molecular formula is C8H5N5O. The summed E-state index contributed by atoms with van der Waals surface area (Å²) in [5.74, 6) is 0.664. The maximum absolute atomic E-state index is 10.5. The second-order valence-electron chi connectivity index (χ2n) is 3.05. The topological polar surface area (TPSA) is 73.6 Å². The van der Waals surface area contributed by atoms with E-state index in [0.717, 1.165) is 17.5 Å². The van der Waals surface area contributed by atoms with E-state index in [1.54, 1.807) is 10.7 Å². The fourth-order valence-corrected chi connectivity index (χ4v) is 1.56. The summed E-state index contributed by atoms with van der Waals surface area (Å²) in [6.45, 7) is 0.590. The molecule has 1 aliphatic heterocycles. The van der Waals surface area contributed by atoms with Crippen molar-refractivity contribution in [2.45, 2.75) is 6.54 Å². The molecule has 14 heavy (non-hydrogen) atoms. The Morgan fingerprint density at radius 2 is 2.43 bits per heavy atom. The molecule has 0 aromatic carbocycles. The van der Waals surface area contributed by atoms with Gasteiger partial charge in [-0.3, -0.25) is 9.78 Å². The minimum absolute atomic E-state index is 0.572. The molecule has 0 amide bonds. The molecule has 0 saturated carbocycles. The summed E-state index contributed by atoms with van der Waals surface area (Å²) < 4.78 is 1.66. The van der Waals surface area contributed by atoms with Gasteiger partial charge in [0.05, 0.1) is 6.54 Å². The second kappa shape index (κ2) is 2.44. The molecule has 2 aromatic rings. The lowest BCUT2D eigenvalue weighted by Crippen LogP contribution is -1.95. The van der Waals surface area contributed by atoms with Crippen LogP contribution >= 0.6 is 0 Å². The average molecular weight is 187 g/mol. The first-order valence-corrected chi connectivity index (χ1v) is 4.09. The first kappa shape index (κ1) is 7.31. The Balaban J connectivity index is 2.23. The number of rotatable bonds is 1. The third-order valence-electron chi connectivity index (χ3n) is 2.19. The van der Waals surface area contributed by atoms with Crippen molar-refractivity contribution in [3.8, 4) is 11.5 Å². The molecule has 3 rings (SSSR count). The fraction of sp³-hybridized carbons (Fsp3) is 0.125. The van der Waals surface area contributed by atoms with Crippen LogP contribution < -0.4 is 0 Å². The van der Waals surface area contributed by atoms with Gasteiger partial charge in [0, 0.05) is 17.3 Å². The van der Waals surface area contributed by atoms with E-state index in [1.165, 1.54) is 6.20 Å². The summed E-state index contributed by atoms with van der Waals surface area (Å²) in [5, 5.41) is 11.2. The summed E-state index contributed by atoms with van der Waals surface area (Å²) in [7, 11) is 0. The number of tetrazole rings is 1. The predicted molar refractivity (Wildman–Crippen MR) is 45.5 cm³/mol. The van der Waals surface area contributed by atoms with E-state index in [2.05, 4.69) is 20.5 Å². The van der Waals surface area contributed by atoms with Gasteiger partial charge in [-0.2, -0.15) is 0 Å². The fourth-order valence-electron chi connectivity index (χ4n) is 1.56. The highest BCUT2D eigenvalue weighted by Gasteiger charge is 2.22. The third-order valence-corrected chi connectivity index (χ3v) is 2.19. The number of aromatic nitrogens is 5. The molecule has 1 aliphatic rings. The summed E-state index contributed by atoms with van der Waals surface area (Å²) in [5.41, 5.74) is 2.30. The minimum atomic E-state index is 0.572. The minimum Gasteiger partial charge on any atom is -0.298 e. The van der Waals surface area contributed by atoms with Crippen LogP contribution in [0.5, 0.6) is 0 Å². The lowest BCUT2D eigenvalue weighted by atomic mass is 10.2. The maximum atomic E-state index is 10.5. The largest absolute Gasteiger partial charge is 0.298 e. The smallest absolute Gasteiger partial charge is 0.201 e.